The number of nitrogens with zero attached hydrogens (tertiary/aromatic N) is 1. The van der Waals surface area contributed by atoms with Gasteiger partial charge in [-0.3, -0.25) is 4.79 Å². The molecule has 0 saturated carbocycles. The van der Waals surface area contributed by atoms with E-state index >= 15 is 0 Å². The van der Waals surface area contributed by atoms with Crippen LogP contribution in [0.4, 0.5) is 0 Å². The Labute approximate surface area is 113 Å². The lowest BCUT2D eigenvalue weighted by molar-refractivity contribution is 0.0689. The zero-order valence-corrected chi connectivity index (χ0v) is 12.0. The molecule has 1 aliphatic rings. The molecule has 0 atom stereocenters. The van der Waals surface area contributed by atoms with Gasteiger partial charge in [0.05, 0.1) is 11.1 Å². The van der Waals surface area contributed by atoms with Gasteiger partial charge in [-0.15, -0.1) is 0 Å². The van der Waals surface area contributed by atoms with E-state index in [0.717, 1.165) is 18.7 Å². The van der Waals surface area contributed by atoms with Crippen molar-refractivity contribution in [3.63, 3.8) is 0 Å². The van der Waals surface area contributed by atoms with Gasteiger partial charge in [-0.1, -0.05) is 27.7 Å². The highest BCUT2D eigenvalue weighted by atomic mass is 16.4. The summed E-state index contributed by atoms with van der Waals surface area (Å²) < 4.78 is 1.96. The Morgan fingerprint density at radius 2 is 2.05 bits per heavy atom. The summed E-state index contributed by atoms with van der Waals surface area (Å²) in [5, 5.41) is 9.27. The van der Waals surface area contributed by atoms with Crippen LogP contribution in [0.25, 0.3) is 0 Å². The maximum absolute atomic E-state index is 12.2. The van der Waals surface area contributed by atoms with Crippen molar-refractivity contribution in [2.75, 3.05) is 0 Å². The Morgan fingerprint density at radius 3 is 2.58 bits per heavy atom. The van der Waals surface area contributed by atoms with Crippen LogP contribution in [0.5, 0.6) is 0 Å². The third-order valence-corrected chi connectivity index (χ3v) is 3.55. The van der Waals surface area contributed by atoms with Crippen LogP contribution >= 0.6 is 0 Å². The fraction of sp³-hybridized carbons (Fsp3) is 0.600. The molecule has 0 bridgehead atoms. The van der Waals surface area contributed by atoms with Gasteiger partial charge < -0.3 is 9.67 Å². The van der Waals surface area contributed by atoms with Crippen molar-refractivity contribution in [3.05, 3.63) is 23.0 Å². The molecule has 0 unspecified atom stereocenters. The highest BCUT2D eigenvalue weighted by Gasteiger charge is 2.36. The summed E-state index contributed by atoms with van der Waals surface area (Å²) in [5.74, 6) is -0.628. The summed E-state index contributed by atoms with van der Waals surface area (Å²) in [6, 6.07) is 0. The Morgan fingerprint density at radius 1 is 1.42 bits per heavy atom. The highest BCUT2D eigenvalue weighted by molar-refractivity contribution is 6.07. The van der Waals surface area contributed by atoms with E-state index in [2.05, 4.69) is 27.7 Å². The second-order valence-corrected chi connectivity index (χ2v) is 6.66. The van der Waals surface area contributed by atoms with Gasteiger partial charge in [0.25, 0.3) is 0 Å². The number of carbonyl (C=O) groups is 2. The maximum Gasteiger partial charge on any atom is 0.337 e. The number of fused-ring (bicyclic) bond motifs is 1. The SMILES string of the molecule is CC(C)Cn1cc(C(=O)O)c2c1CC(C)(C)CC2=O. The number of carboxylic acids is 1. The van der Waals surface area contributed by atoms with Crippen LogP contribution in [0.15, 0.2) is 6.20 Å². The molecule has 1 aliphatic carbocycles. The molecule has 1 aromatic rings. The number of aromatic carboxylic acids is 1. The van der Waals surface area contributed by atoms with E-state index in [9.17, 15) is 14.7 Å². The summed E-state index contributed by atoms with van der Waals surface area (Å²) in [6.07, 6.45) is 2.81. The molecule has 4 heteroatoms. The average Bonchev–Trinajstić information content (AvgIpc) is 2.54. The summed E-state index contributed by atoms with van der Waals surface area (Å²) in [6.45, 7) is 9.03. The molecule has 0 aliphatic heterocycles. The average molecular weight is 263 g/mol. The molecule has 0 fully saturated rings. The molecule has 1 heterocycles. The second-order valence-electron chi connectivity index (χ2n) is 6.66. The number of carboxylic acid groups (broad SMARTS) is 1. The third-order valence-electron chi connectivity index (χ3n) is 3.55. The molecule has 19 heavy (non-hydrogen) atoms. The van der Waals surface area contributed by atoms with Crippen molar-refractivity contribution < 1.29 is 14.7 Å². The van der Waals surface area contributed by atoms with Crippen molar-refractivity contribution in [3.8, 4) is 0 Å². The number of rotatable bonds is 3. The van der Waals surface area contributed by atoms with Crippen molar-refractivity contribution >= 4 is 11.8 Å². The van der Waals surface area contributed by atoms with Crippen LogP contribution in [0, 0.1) is 11.3 Å². The van der Waals surface area contributed by atoms with Gasteiger partial charge in [0, 0.05) is 24.9 Å². The Bertz CT molecular complexity index is 538. The van der Waals surface area contributed by atoms with Crippen molar-refractivity contribution in [1.82, 2.24) is 4.57 Å². The van der Waals surface area contributed by atoms with Crippen molar-refractivity contribution in [2.24, 2.45) is 11.3 Å². The monoisotopic (exact) mass is 263 g/mol. The van der Waals surface area contributed by atoms with E-state index in [-0.39, 0.29) is 16.8 Å². The zero-order valence-electron chi connectivity index (χ0n) is 12.0. The molecule has 4 nitrogen and oxygen atoms in total. The Kier molecular flexibility index (Phi) is 3.29. The number of ketones is 1. The van der Waals surface area contributed by atoms with Crippen LogP contribution in [-0.2, 0) is 13.0 Å². The molecule has 0 aromatic carbocycles. The lowest BCUT2D eigenvalue weighted by atomic mass is 9.75. The summed E-state index contributed by atoms with van der Waals surface area (Å²) in [7, 11) is 0. The number of hydrogen-bond donors (Lipinski definition) is 1. The third kappa shape index (κ3) is 2.57. The Hall–Kier alpha value is -1.58. The van der Waals surface area contributed by atoms with E-state index in [1.807, 2.05) is 4.57 Å². The first-order valence-corrected chi connectivity index (χ1v) is 6.70. The maximum atomic E-state index is 12.2. The fourth-order valence-corrected chi connectivity index (χ4v) is 2.86. The molecule has 0 spiro atoms. The van der Waals surface area contributed by atoms with E-state index < -0.39 is 5.97 Å². The first kappa shape index (κ1) is 13.8. The molecule has 1 aromatic heterocycles. The van der Waals surface area contributed by atoms with Crippen molar-refractivity contribution in [2.45, 2.75) is 47.1 Å². The minimum absolute atomic E-state index is 0.0360. The number of Topliss-reactive ketones (excluding diaryl/α,β-unsaturated/α-hetero) is 1. The molecule has 104 valence electrons. The van der Waals surface area contributed by atoms with E-state index in [1.165, 1.54) is 0 Å². The molecule has 0 radical (unpaired) electrons. The highest BCUT2D eigenvalue weighted by Crippen LogP contribution is 2.37. The minimum atomic E-state index is -1.01. The van der Waals surface area contributed by atoms with Crippen LogP contribution in [0.1, 0.15) is 60.5 Å². The second kappa shape index (κ2) is 4.51. The standard InChI is InChI=1S/C15H21NO3/c1-9(2)7-16-8-10(14(18)19)13-11(16)5-15(3,4)6-12(13)17/h8-9H,5-7H2,1-4H3,(H,18,19). The van der Waals surface area contributed by atoms with Crippen LogP contribution in [0.2, 0.25) is 0 Å². The van der Waals surface area contributed by atoms with Gasteiger partial charge >= 0.3 is 5.97 Å². The predicted molar refractivity (Wildman–Crippen MR) is 72.7 cm³/mol. The van der Waals surface area contributed by atoms with Gasteiger partial charge in [-0.2, -0.15) is 0 Å². The number of aromatic nitrogens is 1. The lowest BCUT2D eigenvalue weighted by Crippen LogP contribution is -2.29. The van der Waals surface area contributed by atoms with E-state index in [4.69, 9.17) is 0 Å². The summed E-state index contributed by atoms with van der Waals surface area (Å²) in [5.41, 5.74) is 1.41. The van der Waals surface area contributed by atoms with Crippen LogP contribution in [0.3, 0.4) is 0 Å². The van der Waals surface area contributed by atoms with E-state index in [0.29, 0.717) is 17.9 Å². The summed E-state index contributed by atoms with van der Waals surface area (Å²) in [4.78, 5) is 23.6. The predicted octanol–water partition coefficient (Wildman–Crippen LogP) is 3.00. The van der Waals surface area contributed by atoms with E-state index in [1.54, 1.807) is 6.20 Å². The molecule has 2 rings (SSSR count). The fourth-order valence-electron chi connectivity index (χ4n) is 2.86. The number of carbonyl (C=O) groups excluding carboxylic acids is 1. The smallest absolute Gasteiger partial charge is 0.337 e. The molecule has 0 amide bonds. The molecular formula is C15H21NO3. The first-order chi connectivity index (χ1) is 8.71. The van der Waals surface area contributed by atoms with Crippen LogP contribution < -0.4 is 0 Å². The molecular weight excluding hydrogens is 242 g/mol. The minimum Gasteiger partial charge on any atom is -0.478 e. The molecule has 1 N–H and O–H groups in total. The van der Waals surface area contributed by atoms with Gasteiger partial charge in [0.15, 0.2) is 5.78 Å². The van der Waals surface area contributed by atoms with Crippen molar-refractivity contribution in [1.29, 1.82) is 0 Å². The summed E-state index contributed by atoms with van der Waals surface area (Å²) >= 11 is 0. The van der Waals surface area contributed by atoms with Gasteiger partial charge in [-0.25, -0.2) is 4.79 Å². The van der Waals surface area contributed by atoms with Gasteiger partial charge in [-0.05, 0) is 17.8 Å². The zero-order chi connectivity index (χ0) is 14.4. The first-order valence-electron chi connectivity index (χ1n) is 6.70. The number of hydrogen-bond acceptors (Lipinski definition) is 2. The topological polar surface area (TPSA) is 59.3 Å². The largest absolute Gasteiger partial charge is 0.478 e. The van der Waals surface area contributed by atoms with Gasteiger partial charge in [0.1, 0.15) is 0 Å². The quantitative estimate of drug-likeness (QED) is 0.912. The normalized spacial score (nSPS) is 17.6. The Balaban J connectivity index is 2.57. The molecule has 0 saturated heterocycles. The van der Waals surface area contributed by atoms with Gasteiger partial charge in [0.2, 0.25) is 0 Å². The lowest BCUT2D eigenvalue weighted by Gasteiger charge is -2.30. The van der Waals surface area contributed by atoms with Crippen LogP contribution in [-0.4, -0.2) is 21.4 Å².